The van der Waals surface area contributed by atoms with Crippen molar-refractivity contribution < 1.29 is 24.0 Å². The maximum absolute atomic E-state index is 13.3. The highest BCUT2D eigenvalue weighted by Gasteiger charge is 2.31. The summed E-state index contributed by atoms with van der Waals surface area (Å²) < 4.78 is 5.02. The van der Waals surface area contributed by atoms with E-state index in [-0.39, 0.29) is 36.1 Å². The Morgan fingerprint density at radius 1 is 1.20 bits per heavy atom. The molecule has 4 N–H and O–H groups in total. The van der Waals surface area contributed by atoms with Gasteiger partial charge in [-0.05, 0) is 65.7 Å². The van der Waals surface area contributed by atoms with Gasteiger partial charge >= 0.3 is 5.97 Å². The minimum Gasteiger partial charge on any atom is -0.466 e. The Kier molecular flexibility index (Phi) is 11.6. The molecule has 0 radical (unpaired) electrons. The average molecular weight is 492 g/mol. The highest BCUT2D eigenvalue weighted by atomic mass is 16.6. The number of piperidine rings is 1. The number of esters is 1. The number of ether oxygens (including phenoxy) is 1. The molecule has 1 aliphatic heterocycles. The number of hydrogen-bond donors (Lipinski definition) is 3. The van der Waals surface area contributed by atoms with E-state index in [4.69, 9.17) is 10.5 Å². The summed E-state index contributed by atoms with van der Waals surface area (Å²) in [7, 11) is 2.00. The number of nitrogens with two attached hydrogens (primary N) is 1. The molecule has 2 rings (SSSR count). The quantitative estimate of drug-likeness (QED) is 0.163. The van der Waals surface area contributed by atoms with E-state index in [1.165, 1.54) is 18.2 Å². The highest BCUT2D eigenvalue weighted by Crippen LogP contribution is 2.28. The van der Waals surface area contributed by atoms with Crippen LogP contribution in [0.1, 0.15) is 57.1 Å². The molecule has 1 aliphatic rings. The molecule has 0 spiro atoms. The Morgan fingerprint density at radius 2 is 1.89 bits per heavy atom. The first-order chi connectivity index (χ1) is 16.8. The van der Waals surface area contributed by atoms with Crippen LogP contribution in [0.5, 0.6) is 0 Å². The van der Waals surface area contributed by atoms with Crippen LogP contribution >= 0.6 is 0 Å². The number of likely N-dealkylation sites (tertiary alicyclic amines) is 1. The van der Waals surface area contributed by atoms with Crippen LogP contribution in [0.25, 0.3) is 0 Å². The predicted octanol–water partition coefficient (Wildman–Crippen LogP) is 1.66. The smallest absolute Gasteiger partial charge is 0.308 e. The maximum atomic E-state index is 13.3. The average Bonchev–Trinajstić information content (AvgIpc) is 2.83. The van der Waals surface area contributed by atoms with Crippen LogP contribution in [0.15, 0.2) is 24.3 Å². The van der Waals surface area contributed by atoms with Gasteiger partial charge in [-0.15, -0.1) is 0 Å². The van der Waals surface area contributed by atoms with E-state index in [2.05, 4.69) is 15.5 Å². The molecule has 1 unspecified atom stereocenters. The number of nitrogens with zero attached hydrogens (tertiary/aromatic N) is 2. The monoisotopic (exact) mass is 491 g/mol. The van der Waals surface area contributed by atoms with Crippen molar-refractivity contribution in [1.29, 1.82) is 0 Å². The van der Waals surface area contributed by atoms with Crippen LogP contribution < -0.4 is 16.4 Å². The first kappa shape index (κ1) is 28.2. The zero-order valence-corrected chi connectivity index (χ0v) is 20.5. The van der Waals surface area contributed by atoms with Crippen molar-refractivity contribution >= 4 is 23.5 Å². The second-order valence-corrected chi connectivity index (χ2v) is 8.81. The summed E-state index contributed by atoms with van der Waals surface area (Å²) in [6, 6.07) is 4.11. The van der Waals surface area contributed by atoms with Crippen LogP contribution in [0.3, 0.4) is 0 Å². The van der Waals surface area contributed by atoms with Gasteiger partial charge in [0.1, 0.15) is 6.04 Å². The van der Waals surface area contributed by atoms with Gasteiger partial charge in [-0.2, -0.15) is 0 Å². The summed E-state index contributed by atoms with van der Waals surface area (Å²) in [4.78, 5) is 51.7. The Bertz CT molecular complexity index is 872. The standard InChI is InChI=1S/C24H37N5O6/c1-3-35-22(30)16-20(18-8-4-5-10-21(18)29(33)34)27-24(32)19(9-6-7-13-25)26-23(31)17-11-14-28(2)15-12-17/h4-5,8,10,17,19-20H,3,6-7,9,11-16,25H2,1-2H3,(H,26,31)(H,27,32)/t19-,20?/m0/s1. The molecule has 0 saturated carbocycles. The Labute approximate surface area is 205 Å². The van der Waals surface area contributed by atoms with E-state index in [1.807, 2.05) is 7.05 Å². The number of nitrogens with one attached hydrogen (secondary N) is 2. The molecule has 1 aromatic rings. The largest absolute Gasteiger partial charge is 0.466 e. The van der Waals surface area contributed by atoms with Gasteiger partial charge < -0.3 is 26.0 Å². The third-order valence-electron chi connectivity index (χ3n) is 6.17. The lowest BCUT2D eigenvalue weighted by molar-refractivity contribution is -0.385. The number of unbranched alkanes of at least 4 members (excludes halogenated alkanes) is 1. The number of benzene rings is 1. The topological polar surface area (TPSA) is 157 Å². The zero-order chi connectivity index (χ0) is 25.8. The van der Waals surface area contributed by atoms with Crippen molar-refractivity contribution in [1.82, 2.24) is 15.5 Å². The van der Waals surface area contributed by atoms with Crippen LogP contribution in [0, 0.1) is 16.0 Å². The summed E-state index contributed by atoms with van der Waals surface area (Å²) in [6.07, 6.45) is 2.82. The third-order valence-corrected chi connectivity index (χ3v) is 6.17. The molecule has 11 nitrogen and oxygen atoms in total. The molecule has 2 atom stereocenters. The van der Waals surface area contributed by atoms with Gasteiger partial charge in [0.25, 0.3) is 5.69 Å². The molecule has 0 aromatic heterocycles. The Morgan fingerprint density at radius 3 is 2.51 bits per heavy atom. The number of para-hydroxylation sites is 1. The summed E-state index contributed by atoms with van der Waals surface area (Å²) in [5.74, 6) is -1.46. The molecule has 1 heterocycles. The summed E-state index contributed by atoms with van der Waals surface area (Å²) >= 11 is 0. The fourth-order valence-corrected chi connectivity index (χ4v) is 4.17. The number of nitro benzene ring substituents is 1. The van der Waals surface area contributed by atoms with Crippen molar-refractivity contribution in [3.05, 3.63) is 39.9 Å². The van der Waals surface area contributed by atoms with Crippen molar-refractivity contribution in [2.75, 3.05) is 33.3 Å². The lowest BCUT2D eigenvalue weighted by Crippen LogP contribution is -2.50. The van der Waals surface area contributed by atoms with E-state index in [1.54, 1.807) is 13.0 Å². The first-order valence-corrected chi connectivity index (χ1v) is 12.1. The molecule has 35 heavy (non-hydrogen) atoms. The highest BCUT2D eigenvalue weighted by molar-refractivity contribution is 5.89. The van der Waals surface area contributed by atoms with Gasteiger partial charge in [0.05, 0.1) is 29.6 Å². The normalized spacial score (nSPS) is 16.2. The van der Waals surface area contributed by atoms with Crippen molar-refractivity contribution in [2.45, 2.75) is 57.5 Å². The molecule has 194 valence electrons. The van der Waals surface area contributed by atoms with Crippen LogP contribution in [-0.2, 0) is 19.1 Å². The van der Waals surface area contributed by atoms with Gasteiger partial charge in [-0.1, -0.05) is 18.2 Å². The van der Waals surface area contributed by atoms with Gasteiger partial charge in [-0.25, -0.2) is 0 Å². The van der Waals surface area contributed by atoms with Crippen molar-refractivity contribution in [3.63, 3.8) is 0 Å². The van der Waals surface area contributed by atoms with Crippen molar-refractivity contribution in [3.8, 4) is 0 Å². The summed E-state index contributed by atoms with van der Waals surface area (Å²) in [6.45, 7) is 3.87. The number of nitro groups is 1. The van der Waals surface area contributed by atoms with E-state index in [9.17, 15) is 24.5 Å². The number of amides is 2. The fraction of sp³-hybridized carbons (Fsp3) is 0.625. The molecule has 0 aliphatic carbocycles. The Balaban J connectivity index is 2.22. The maximum Gasteiger partial charge on any atom is 0.308 e. The molecule has 2 amide bonds. The molecule has 1 aromatic carbocycles. The second-order valence-electron chi connectivity index (χ2n) is 8.81. The third kappa shape index (κ3) is 8.91. The summed E-state index contributed by atoms with van der Waals surface area (Å²) in [5, 5.41) is 17.2. The summed E-state index contributed by atoms with van der Waals surface area (Å²) in [5.41, 5.74) is 5.58. The van der Waals surface area contributed by atoms with Crippen LogP contribution in [0.2, 0.25) is 0 Å². The number of carbonyl (C=O) groups is 3. The Hall–Kier alpha value is -3.05. The molecule has 1 saturated heterocycles. The minimum absolute atomic E-state index is 0.144. The lowest BCUT2D eigenvalue weighted by Gasteiger charge is -2.30. The van der Waals surface area contributed by atoms with Crippen LogP contribution in [-0.4, -0.2) is 66.9 Å². The van der Waals surface area contributed by atoms with E-state index < -0.39 is 28.9 Å². The van der Waals surface area contributed by atoms with Crippen LogP contribution in [0.4, 0.5) is 5.69 Å². The molecular formula is C24H37N5O6. The number of carbonyl (C=O) groups excluding carboxylic acids is 3. The number of rotatable bonds is 13. The SMILES string of the molecule is CCOC(=O)CC(NC(=O)[C@H](CCCCN)NC(=O)C1CCN(C)CC1)c1ccccc1[N+](=O)[O-]. The van der Waals surface area contributed by atoms with Gasteiger partial charge in [0.2, 0.25) is 11.8 Å². The van der Waals surface area contributed by atoms with Gasteiger partial charge in [0, 0.05) is 12.0 Å². The fourth-order valence-electron chi connectivity index (χ4n) is 4.17. The predicted molar refractivity (Wildman–Crippen MR) is 130 cm³/mol. The minimum atomic E-state index is -0.986. The molecule has 1 fully saturated rings. The first-order valence-electron chi connectivity index (χ1n) is 12.1. The molecular weight excluding hydrogens is 454 g/mol. The second kappa shape index (κ2) is 14.4. The lowest BCUT2D eigenvalue weighted by atomic mass is 9.95. The van der Waals surface area contributed by atoms with Gasteiger partial charge in [-0.3, -0.25) is 24.5 Å². The number of hydrogen-bond acceptors (Lipinski definition) is 8. The van der Waals surface area contributed by atoms with E-state index in [0.717, 1.165) is 13.1 Å². The molecule has 0 bridgehead atoms. The van der Waals surface area contributed by atoms with E-state index in [0.29, 0.717) is 38.6 Å². The van der Waals surface area contributed by atoms with Crippen molar-refractivity contribution in [2.24, 2.45) is 11.7 Å². The van der Waals surface area contributed by atoms with E-state index >= 15 is 0 Å². The zero-order valence-electron chi connectivity index (χ0n) is 20.5. The van der Waals surface area contributed by atoms with Gasteiger partial charge in [0.15, 0.2) is 0 Å². The molecule has 11 heteroatoms.